The van der Waals surface area contributed by atoms with Gasteiger partial charge in [0.05, 0.1) is 19.1 Å². The van der Waals surface area contributed by atoms with Crippen LogP contribution in [0.2, 0.25) is 0 Å². The molecule has 0 N–H and O–H groups in total. The summed E-state index contributed by atoms with van der Waals surface area (Å²) in [5, 5.41) is 0. The zero-order chi connectivity index (χ0) is 14.4. The highest BCUT2D eigenvalue weighted by Gasteiger charge is 2.27. The summed E-state index contributed by atoms with van der Waals surface area (Å²) < 4.78 is 4.71. The number of methoxy groups -OCH3 is 1. The van der Waals surface area contributed by atoms with E-state index < -0.39 is 0 Å². The van der Waals surface area contributed by atoms with Crippen LogP contribution in [0.15, 0.2) is 0 Å². The minimum atomic E-state index is -0.232. The minimum absolute atomic E-state index is 0.166. The average molecular weight is 270 g/mol. The summed E-state index contributed by atoms with van der Waals surface area (Å²) in [6.07, 6.45) is 3.41. The molecule has 0 saturated carbocycles. The third-order valence-corrected chi connectivity index (χ3v) is 3.85. The Bertz CT molecular complexity index is 314. The van der Waals surface area contributed by atoms with Crippen molar-refractivity contribution in [2.24, 2.45) is 5.92 Å². The van der Waals surface area contributed by atoms with Crippen LogP contribution in [0.4, 0.5) is 0 Å². The Hall–Kier alpha value is -1.10. The van der Waals surface area contributed by atoms with Crippen molar-refractivity contribution in [3.63, 3.8) is 0 Å². The number of amides is 1. The molecule has 2 atom stereocenters. The van der Waals surface area contributed by atoms with Crippen molar-refractivity contribution >= 4 is 11.9 Å². The maximum absolute atomic E-state index is 12.3. The summed E-state index contributed by atoms with van der Waals surface area (Å²) in [6, 6.07) is -0.190. The number of likely N-dealkylation sites (N-methyl/N-ethyl adjacent to an activating group) is 1. The Morgan fingerprint density at radius 2 is 1.79 bits per heavy atom. The number of carbonyl (C=O) groups excluding carboxylic acids is 2. The molecule has 0 radical (unpaired) electrons. The van der Waals surface area contributed by atoms with E-state index >= 15 is 0 Å². The molecule has 1 aliphatic rings. The van der Waals surface area contributed by atoms with E-state index in [0.717, 1.165) is 25.9 Å². The van der Waals surface area contributed by atoms with Crippen molar-refractivity contribution in [2.45, 2.75) is 39.2 Å². The molecule has 5 heteroatoms. The van der Waals surface area contributed by atoms with Gasteiger partial charge in [0.2, 0.25) is 5.91 Å². The minimum Gasteiger partial charge on any atom is -0.469 e. The topological polar surface area (TPSA) is 49.9 Å². The molecule has 1 heterocycles. The van der Waals surface area contributed by atoms with E-state index in [1.54, 1.807) is 0 Å². The van der Waals surface area contributed by atoms with Crippen LogP contribution in [0.5, 0.6) is 0 Å². The lowest BCUT2D eigenvalue weighted by molar-refractivity contribution is -0.146. The Balaban J connectivity index is 2.48. The van der Waals surface area contributed by atoms with Gasteiger partial charge in [-0.25, -0.2) is 0 Å². The van der Waals surface area contributed by atoms with Gasteiger partial charge in [0.15, 0.2) is 0 Å². The second kappa shape index (κ2) is 7.48. The highest BCUT2D eigenvalue weighted by Crippen LogP contribution is 2.13. The molecule has 0 aromatic rings. The first kappa shape index (κ1) is 16.0. The van der Waals surface area contributed by atoms with Crippen LogP contribution in [0, 0.1) is 5.92 Å². The van der Waals surface area contributed by atoms with Crippen molar-refractivity contribution < 1.29 is 14.3 Å². The molecule has 0 spiro atoms. The molecule has 1 rings (SSSR count). The van der Waals surface area contributed by atoms with Crippen LogP contribution in [-0.4, -0.2) is 61.5 Å². The third kappa shape index (κ3) is 4.49. The Morgan fingerprint density at radius 3 is 2.32 bits per heavy atom. The van der Waals surface area contributed by atoms with Crippen molar-refractivity contribution in [2.75, 3.05) is 33.8 Å². The highest BCUT2D eigenvalue weighted by atomic mass is 16.5. The highest BCUT2D eigenvalue weighted by molar-refractivity contribution is 5.81. The molecule has 2 unspecified atom stereocenters. The quantitative estimate of drug-likeness (QED) is 0.703. The lowest BCUT2D eigenvalue weighted by Crippen LogP contribution is -2.48. The summed E-state index contributed by atoms with van der Waals surface area (Å²) >= 11 is 0. The van der Waals surface area contributed by atoms with E-state index in [-0.39, 0.29) is 23.8 Å². The van der Waals surface area contributed by atoms with Gasteiger partial charge in [0.25, 0.3) is 0 Å². The number of rotatable bonds is 5. The number of hydrogen-bond donors (Lipinski definition) is 0. The molecule has 1 saturated heterocycles. The van der Waals surface area contributed by atoms with Gasteiger partial charge in [-0.15, -0.1) is 0 Å². The molecule has 0 aromatic carbocycles. The molecule has 0 aromatic heterocycles. The summed E-state index contributed by atoms with van der Waals surface area (Å²) in [5.74, 6) is -0.282. The standard InChI is InChI=1S/C14H26N2O3/c1-11(14(18)19-4)10-15(3)12(2)13(17)16-8-6-5-7-9-16/h11-12H,5-10H2,1-4H3. The fourth-order valence-corrected chi connectivity index (χ4v) is 2.43. The first-order chi connectivity index (χ1) is 8.97. The maximum Gasteiger partial charge on any atom is 0.309 e. The van der Waals surface area contributed by atoms with Crippen LogP contribution >= 0.6 is 0 Å². The molecule has 19 heavy (non-hydrogen) atoms. The predicted octanol–water partition coefficient (Wildman–Crippen LogP) is 1.13. The van der Waals surface area contributed by atoms with Gasteiger partial charge in [-0.2, -0.15) is 0 Å². The van der Waals surface area contributed by atoms with Crippen molar-refractivity contribution in [3.05, 3.63) is 0 Å². The van der Waals surface area contributed by atoms with Crippen LogP contribution < -0.4 is 0 Å². The molecule has 5 nitrogen and oxygen atoms in total. The van der Waals surface area contributed by atoms with Gasteiger partial charge in [0.1, 0.15) is 0 Å². The van der Waals surface area contributed by atoms with Gasteiger partial charge in [-0.1, -0.05) is 6.92 Å². The van der Waals surface area contributed by atoms with E-state index in [2.05, 4.69) is 0 Å². The number of hydrogen-bond acceptors (Lipinski definition) is 4. The molecule has 0 bridgehead atoms. The van der Waals surface area contributed by atoms with Crippen LogP contribution in [0.3, 0.4) is 0 Å². The van der Waals surface area contributed by atoms with Gasteiger partial charge < -0.3 is 9.64 Å². The van der Waals surface area contributed by atoms with Gasteiger partial charge >= 0.3 is 5.97 Å². The lowest BCUT2D eigenvalue weighted by atomic mass is 10.1. The van der Waals surface area contributed by atoms with Crippen molar-refractivity contribution in [3.8, 4) is 0 Å². The zero-order valence-corrected chi connectivity index (χ0v) is 12.5. The SMILES string of the molecule is COC(=O)C(C)CN(C)C(C)C(=O)N1CCCCC1. The first-order valence-electron chi connectivity index (χ1n) is 7.04. The molecule has 1 fully saturated rings. The summed E-state index contributed by atoms with van der Waals surface area (Å²) in [5.41, 5.74) is 0. The van der Waals surface area contributed by atoms with Gasteiger partial charge in [0, 0.05) is 19.6 Å². The largest absolute Gasteiger partial charge is 0.469 e. The second-order valence-electron chi connectivity index (χ2n) is 5.43. The summed E-state index contributed by atoms with van der Waals surface area (Å²) in [4.78, 5) is 27.6. The molecule has 110 valence electrons. The maximum atomic E-state index is 12.3. The number of carbonyl (C=O) groups is 2. The average Bonchev–Trinajstić information content (AvgIpc) is 2.45. The number of ether oxygens (including phenoxy) is 1. The van der Waals surface area contributed by atoms with Crippen molar-refractivity contribution in [1.29, 1.82) is 0 Å². The van der Waals surface area contributed by atoms with Crippen LogP contribution in [-0.2, 0) is 14.3 Å². The Kier molecular flexibility index (Phi) is 6.28. The normalized spacial score (nSPS) is 19.1. The Labute approximate surface area is 115 Å². The van der Waals surface area contributed by atoms with Gasteiger partial charge in [-0.3, -0.25) is 14.5 Å². The fraction of sp³-hybridized carbons (Fsp3) is 0.857. The van der Waals surface area contributed by atoms with E-state index in [1.807, 2.05) is 30.7 Å². The number of esters is 1. The molecule has 0 aliphatic carbocycles. The van der Waals surface area contributed by atoms with E-state index in [4.69, 9.17) is 4.74 Å². The molecular weight excluding hydrogens is 244 g/mol. The number of likely N-dealkylation sites (tertiary alicyclic amines) is 1. The van der Waals surface area contributed by atoms with Crippen molar-refractivity contribution in [1.82, 2.24) is 9.80 Å². The molecular formula is C14H26N2O3. The summed E-state index contributed by atoms with van der Waals surface area (Å²) in [6.45, 7) is 5.99. The zero-order valence-electron chi connectivity index (χ0n) is 12.5. The van der Waals surface area contributed by atoms with Crippen LogP contribution in [0.1, 0.15) is 33.1 Å². The lowest BCUT2D eigenvalue weighted by Gasteiger charge is -2.33. The second-order valence-corrected chi connectivity index (χ2v) is 5.43. The monoisotopic (exact) mass is 270 g/mol. The number of piperidine rings is 1. The molecule has 1 amide bonds. The smallest absolute Gasteiger partial charge is 0.309 e. The Morgan fingerprint density at radius 1 is 1.21 bits per heavy atom. The van der Waals surface area contributed by atoms with Crippen LogP contribution in [0.25, 0.3) is 0 Å². The predicted molar refractivity (Wildman–Crippen MR) is 73.7 cm³/mol. The van der Waals surface area contributed by atoms with E-state index in [0.29, 0.717) is 6.54 Å². The summed E-state index contributed by atoms with van der Waals surface area (Å²) in [7, 11) is 3.27. The number of nitrogens with zero attached hydrogens (tertiary/aromatic N) is 2. The fourth-order valence-electron chi connectivity index (χ4n) is 2.43. The third-order valence-electron chi connectivity index (χ3n) is 3.85. The van der Waals surface area contributed by atoms with E-state index in [1.165, 1.54) is 13.5 Å². The van der Waals surface area contributed by atoms with Gasteiger partial charge in [-0.05, 0) is 33.2 Å². The van der Waals surface area contributed by atoms with E-state index in [9.17, 15) is 9.59 Å². The first-order valence-corrected chi connectivity index (χ1v) is 7.04. The molecule has 1 aliphatic heterocycles.